The highest BCUT2D eigenvalue weighted by Crippen LogP contribution is 2.38. The van der Waals surface area contributed by atoms with Crippen LogP contribution in [0.4, 0.5) is 4.39 Å². The molecule has 0 saturated carbocycles. The number of aliphatic imine (C=N–C) groups is 1. The van der Waals surface area contributed by atoms with Gasteiger partial charge >= 0.3 is 5.97 Å². The lowest BCUT2D eigenvalue weighted by Crippen LogP contribution is -2.05. The molecule has 1 heterocycles. The summed E-state index contributed by atoms with van der Waals surface area (Å²) in [4.78, 5) is 16.9. The molecule has 0 aliphatic carbocycles. The molecule has 0 saturated heterocycles. The molecule has 3 aromatic rings. The van der Waals surface area contributed by atoms with Crippen LogP contribution >= 0.6 is 38.5 Å². The van der Waals surface area contributed by atoms with Crippen LogP contribution in [0.2, 0.25) is 0 Å². The summed E-state index contributed by atoms with van der Waals surface area (Å²) < 4.78 is 32.1. The molecule has 34 heavy (non-hydrogen) atoms. The maximum absolute atomic E-state index is 13.2. The Morgan fingerprint density at radius 2 is 1.88 bits per heavy atom. The predicted octanol–water partition coefficient (Wildman–Crippen LogP) is 6.82. The second kappa shape index (κ2) is 10.7. The van der Waals surface area contributed by atoms with E-state index in [9.17, 15) is 9.18 Å². The van der Waals surface area contributed by atoms with Gasteiger partial charge in [0.15, 0.2) is 17.2 Å². The second-order valence-corrected chi connectivity index (χ2v) is 9.49. The van der Waals surface area contributed by atoms with Crippen LogP contribution < -0.4 is 9.47 Å². The molecule has 0 amide bonds. The number of hydrogen-bond acceptors (Lipinski definition) is 5. The van der Waals surface area contributed by atoms with Gasteiger partial charge in [-0.05, 0) is 118 Å². The third kappa shape index (κ3) is 5.67. The Hall–Kier alpha value is -2.72. The number of benzene rings is 3. The van der Waals surface area contributed by atoms with Gasteiger partial charge in [0, 0.05) is 9.13 Å². The van der Waals surface area contributed by atoms with Crippen molar-refractivity contribution in [2.24, 2.45) is 4.99 Å². The molecular weight excluding hydrogens is 616 g/mol. The number of halogens is 3. The minimum Gasteiger partial charge on any atom is -0.490 e. The largest absolute Gasteiger partial charge is 0.490 e. The number of ether oxygens (including phenoxy) is 3. The summed E-state index contributed by atoms with van der Waals surface area (Å²) in [6.45, 7) is 4.53. The van der Waals surface area contributed by atoms with Gasteiger partial charge in [-0.1, -0.05) is 12.1 Å². The Kier molecular flexibility index (Phi) is 7.67. The first kappa shape index (κ1) is 24.4. The van der Waals surface area contributed by atoms with Crippen LogP contribution in [0.25, 0.3) is 6.08 Å². The van der Waals surface area contributed by atoms with Gasteiger partial charge in [0.25, 0.3) is 0 Å². The molecule has 174 valence electrons. The summed E-state index contributed by atoms with van der Waals surface area (Å²) in [7, 11) is 0. The molecule has 0 fully saturated rings. The van der Waals surface area contributed by atoms with Gasteiger partial charge in [0.2, 0.25) is 5.90 Å². The molecule has 1 aliphatic heterocycles. The number of aryl methyl sites for hydroxylation is 1. The van der Waals surface area contributed by atoms with Crippen molar-refractivity contribution in [1.29, 1.82) is 0 Å². The van der Waals surface area contributed by atoms with Gasteiger partial charge < -0.3 is 14.2 Å². The Labute approximate surface area is 218 Å². The van der Waals surface area contributed by atoms with E-state index in [1.54, 1.807) is 24.3 Å². The van der Waals surface area contributed by atoms with Crippen LogP contribution in [0, 0.1) is 16.3 Å². The lowest BCUT2D eigenvalue weighted by atomic mass is 10.1. The van der Waals surface area contributed by atoms with E-state index in [0.29, 0.717) is 28.1 Å². The van der Waals surface area contributed by atoms with Crippen LogP contribution in [0.3, 0.4) is 0 Å². The summed E-state index contributed by atoms with van der Waals surface area (Å²) in [5.41, 5.74) is 3.54. The fourth-order valence-corrected chi connectivity index (χ4v) is 4.19. The SMILES string of the molecule is CCOc1cc(/C=C2\N=C(c3ccc(I)c(C)c3)OC2=O)cc(Br)c1OCc1ccc(F)cc1. The number of esters is 1. The van der Waals surface area contributed by atoms with Crippen LogP contribution in [0.1, 0.15) is 29.2 Å². The van der Waals surface area contributed by atoms with Crippen LogP contribution in [-0.4, -0.2) is 18.5 Å². The van der Waals surface area contributed by atoms with Crippen LogP contribution in [0.5, 0.6) is 11.5 Å². The maximum atomic E-state index is 13.2. The third-order valence-electron chi connectivity index (χ3n) is 4.96. The lowest BCUT2D eigenvalue weighted by molar-refractivity contribution is -0.129. The Balaban J connectivity index is 1.61. The van der Waals surface area contributed by atoms with Crippen molar-refractivity contribution in [2.45, 2.75) is 20.5 Å². The number of carbonyl (C=O) groups is 1. The minimum absolute atomic E-state index is 0.195. The quantitative estimate of drug-likeness (QED) is 0.162. The highest BCUT2D eigenvalue weighted by atomic mass is 127. The molecule has 1 aliphatic rings. The molecule has 4 rings (SSSR count). The average Bonchev–Trinajstić information content (AvgIpc) is 3.16. The first-order valence-corrected chi connectivity index (χ1v) is 12.3. The zero-order chi connectivity index (χ0) is 24.2. The second-order valence-electron chi connectivity index (χ2n) is 7.48. The fraction of sp³-hybridized carbons (Fsp3) is 0.154. The number of hydrogen-bond donors (Lipinski definition) is 0. The van der Waals surface area contributed by atoms with E-state index in [1.165, 1.54) is 12.1 Å². The normalized spacial score (nSPS) is 14.2. The van der Waals surface area contributed by atoms with E-state index < -0.39 is 5.97 Å². The number of carbonyl (C=O) groups excluding carboxylic acids is 1. The van der Waals surface area contributed by atoms with Gasteiger partial charge in [-0.3, -0.25) is 0 Å². The summed E-state index contributed by atoms with van der Waals surface area (Å²) in [5, 5.41) is 0. The number of cyclic esters (lactones) is 1. The maximum Gasteiger partial charge on any atom is 0.363 e. The topological polar surface area (TPSA) is 57.1 Å². The molecule has 8 heteroatoms. The molecular formula is C26H20BrFINO4. The monoisotopic (exact) mass is 635 g/mol. The van der Waals surface area contributed by atoms with E-state index in [-0.39, 0.29) is 24.0 Å². The molecule has 0 N–H and O–H groups in total. The molecule has 3 aromatic carbocycles. The van der Waals surface area contributed by atoms with Gasteiger partial charge in [0.05, 0.1) is 11.1 Å². The van der Waals surface area contributed by atoms with E-state index in [1.807, 2.05) is 38.1 Å². The minimum atomic E-state index is -0.517. The van der Waals surface area contributed by atoms with E-state index in [4.69, 9.17) is 14.2 Å². The fourth-order valence-electron chi connectivity index (χ4n) is 3.28. The smallest absolute Gasteiger partial charge is 0.363 e. The summed E-state index contributed by atoms with van der Waals surface area (Å²) >= 11 is 5.79. The van der Waals surface area contributed by atoms with Crippen LogP contribution in [0.15, 0.2) is 69.8 Å². The summed E-state index contributed by atoms with van der Waals surface area (Å²) in [6, 6.07) is 15.5. The van der Waals surface area contributed by atoms with Crippen molar-refractivity contribution in [3.63, 3.8) is 0 Å². The molecule has 5 nitrogen and oxygen atoms in total. The van der Waals surface area contributed by atoms with Crippen LogP contribution in [-0.2, 0) is 16.1 Å². The molecule has 0 atom stereocenters. The van der Waals surface area contributed by atoms with Crippen molar-refractivity contribution in [1.82, 2.24) is 0 Å². The van der Waals surface area contributed by atoms with Crippen molar-refractivity contribution in [3.8, 4) is 11.5 Å². The Morgan fingerprint density at radius 1 is 1.12 bits per heavy atom. The molecule has 0 bridgehead atoms. The van der Waals surface area contributed by atoms with Crippen molar-refractivity contribution in [3.05, 3.63) is 96.4 Å². The first-order valence-electron chi connectivity index (χ1n) is 10.5. The van der Waals surface area contributed by atoms with Gasteiger partial charge in [-0.2, -0.15) is 0 Å². The Bertz CT molecular complexity index is 1300. The zero-order valence-corrected chi connectivity index (χ0v) is 22.1. The average molecular weight is 636 g/mol. The highest BCUT2D eigenvalue weighted by Gasteiger charge is 2.25. The van der Waals surface area contributed by atoms with E-state index >= 15 is 0 Å². The van der Waals surface area contributed by atoms with Gasteiger partial charge in [0.1, 0.15) is 12.4 Å². The third-order valence-corrected chi connectivity index (χ3v) is 6.76. The van der Waals surface area contributed by atoms with Gasteiger partial charge in [-0.25, -0.2) is 14.2 Å². The van der Waals surface area contributed by atoms with E-state index in [2.05, 4.69) is 43.5 Å². The highest BCUT2D eigenvalue weighted by molar-refractivity contribution is 14.1. The number of rotatable bonds is 7. The lowest BCUT2D eigenvalue weighted by Gasteiger charge is -2.15. The van der Waals surface area contributed by atoms with Gasteiger partial charge in [-0.15, -0.1) is 0 Å². The van der Waals surface area contributed by atoms with Crippen molar-refractivity contribution >= 4 is 56.5 Å². The van der Waals surface area contributed by atoms with Crippen molar-refractivity contribution in [2.75, 3.05) is 6.61 Å². The standard InChI is InChI=1S/C26H20BrFINO4/c1-3-32-23-13-17(11-20(27)24(23)33-14-16-4-7-19(28)8-5-16)12-22-26(31)34-25(30-22)18-6-9-21(29)15(2)10-18/h4-13H,3,14H2,1-2H3/b22-12-. The Morgan fingerprint density at radius 3 is 2.59 bits per heavy atom. The molecule has 0 aromatic heterocycles. The number of nitrogens with zero attached hydrogens (tertiary/aromatic N) is 1. The van der Waals surface area contributed by atoms with E-state index in [0.717, 1.165) is 20.3 Å². The molecule has 0 unspecified atom stereocenters. The van der Waals surface area contributed by atoms with Crippen molar-refractivity contribution < 1.29 is 23.4 Å². The predicted molar refractivity (Wildman–Crippen MR) is 141 cm³/mol. The summed E-state index contributed by atoms with van der Waals surface area (Å²) in [6.07, 6.45) is 1.64. The molecule has 0 spiro atoms. The zero-order valence-electron chi connectivity index (χ0n) is 18.4. The first-order chi connectivity index (χ1) is 16.3. The summed E-state index contributed by atoms with van der Waals surface area (Å²) in [5.74, 6) is 0.484. The molecule has 0 radical (unpaired) electrons.